The molecular formula is C9H19NO. The van der Waals surface area contributed by atoms with E-state index in [-0.39, 0.29) is 11.5 Å². The van der Waals surface area contributed by atoms with Crippen molar-refractivity contribution in [1.82, 2.24) is 5.32 Å². The van der Waals surface area contributed by atoms with Gasteiger partial charge in [-0.3, -0.25) is 4.79 Å². The Labute approximate surface area is 69.4 Å². The molecule has 2 heteroatoms. The topological polar surface area (TPSA) is 29.1 Å². The van der Waals surface area contributed by atoms with E-state index in [1.165, 1.54) is 0 Å². The first-order chi connectivity index (χ1) is 4.89. The van der Waals surface area contributed by atoms with Crippen LogP contribution in [0.5, 0.6) is 0 Å². The first-order valence-electron chi connectivity index (χ1n) is 4.10. The van der Waals surface area contributed by atoms with E-state index in [0.717, 1.165) is 0 Å². The number of hydrogen-bond donors (Lipinski definition) is 1. The lowest BCUT2D eigenvalue weighted by molar-refractivity contribution is -0.123. The van der Waals surface area contributed by atoms with Gasteiger partial charge in [0.05, 0.1) is 0 Å². The molecule has 0 saturated carbocycles. The second-order valence-electron chi connectivity index (χ2n) is 3.93. The van der Waals surface area contributed by atoms with Gasteiger partial charge in [-0.05, 0) is 20.9 Å². The third-order valence-electron chi connectivity index (χ3n) is 1.94. The number of nitrogens with one attached hydrogen (secondary N) is 1. The second kappa shape index (κ2) is 3.86. The molecule has 11 heavy (non-hydrogen) atoms. The lowest BCUT2D eigenvalue weighted by Crippen LogP contribution is -2.39. The molecule has 66 valence electrons. The normalized spacial score (nSPS) is 12.2. The monoisotopic (exact) mass is 157 g/mol. The van der Waals surface area contributed by atoms with Crippen molar-refractivity contribution in [3.05, 3.63) is 0 Å². The molecule has 0 rings (SSSR count). The van der Waals surface area contributed by atoms with Gasteiger partial charge in [0.25, 0.3) is 0 Å². The Bertz CT molecular complexity index is 138. The standard InChI is InChI=1S/C9H19NO/c1-7(2)8(11)6-9(3,4)10-5/h7,10H,6H2,1-5H3. The molecule has 0 aromatic heterocycles. The van der Waals surface area contributed by atoms with Gasteiger partial charge in [-0.2, -0.15) is 0 Å². The SMILES string of the molecule is CNC(C)(C)CC(=O)C(C)C. The van der Waals surface area contributed by atoms with Crippen molar-refractivity contribution in [2.75, 3.05) is 7.05 Å². The molecule has 0 amide bonds. The highest BCUT2D eigenvalue weighted by molar-refractivity contribution is 5.81. The average Bonchev–Trinajstić information content (AvgIpc) is 1.87. The van der Waals surface area contributed by atoms with Crippen LogP contribution in [0.2, 0.25) is 0 Å². The zero-order valence-electron chi connectivity index (χ0n) is 8.19. The zero-order chi connectivity index (χ0) is 9.07. The van der Waals surface area contributed by atoms with Crippen molar-refractivity contribution in [2.45, 2.75) is 39.7 Å². The summed E-state index contributed by atoms with van der Waals surface area (Å²) in [5.74, 6) is 0.479. The Balaban J connectivity index is 3.94. The van der Waals surface area contributed by atoms with E-state index in [2.05, 4.69) is 5.32 Å². The molecule has 1 N–H and O–H groups in total. The van der Waals surface area contributed by atoms with Gasteiger partial charge in [-0.25, -0.2) is 0 Å². The molecule has 0 aromatic carbocycles. The maximum atomic E-state index is 11.3. The van der Waals surface area contributed by atoms with Crippen molar-refractivity contribution in [2.24, 2.45) is 5.92 Å². The van der Waals surface area contributed by atoms with Crippen LogP contribution in [0.1, 0.15) is 34.1 Å². The van der Waals surface area contributed by atoms with E-state index < -0.39 is 0 Å². The maximum Gasteiger partial charge on any atom is 0.137 e. The van der Waals surface area contributed by atoms with Crippen LogP contribution in [0, 0.1) is 5.92 Å². The van der Waals surface area contributed by atoms with Gasteiger partial charge in [0.15, 0.2) is 0 Å². The summed E-state index contributed by atoms with van der Waals surface area (Å²) in [7, 11) is 1.88. The molecule has 0 aliphatic rings. The minimum Gasteiger partial charge on any atom is -0.314 e. The third-order valence-corrected chi connectivity index (χ3v) is 1.94. The summed E-state index contributed by atoms with van der Waals surface area (Å²) in [5.41, 5.74) is -0.0542. The molecule has 0 bridgehead atoms. The smallest absolute Gasteiger partial charge is 0.137 e. The number of ketones is 1. The van der Waals surface area contributed by atoms with Gasteiger partial charge in [0.2, 0.25) is 0 Å². The summed E-state index contributed by atoms with van der Waals surface area (Å²) >= 11 is 0. The Hall–Kier alpha value is -0.370. The molecule has 0 radical (unpaired) electrons. The van der Waals surface area contributed by atoms with E-state index in [1.807, 2.05) is 34.7 Å². The summed E-state index contributed by atoms with van der Waals surface area (Å²) < 4.78 is 0. The van der Waals surface area contributed by atoms with Crippen LogP contribution in [-0.2, 0) is 4.79 Å². The zero-order valence-corrected chi connectivity index (χ0v) is 8.19. The minimum atomic E-state index is -0.0542. The van der Waals surface area contributed by atoms with Gasteiger partial charge in [0, 0.05) is 17.9 Å². The van der Waals surface area contributed by atoms with E-state index >= 15 is 0 Å². The van der Waals surface area contributed by atoms with Crippen molar-refractivity contribution in [3.63, 3.8) is 0 Å². The molecule has 0 aromatic rings. The predicted octanol–water partition coefficient (Wildman–Crippen LogP) is 1.60. The lowest BCUT2D eigenvalue weighted by Gasteiger charge is -2.23. The summed E-state index contributed by atoms with van der Waals surface area (Å²) in [5, 5.41) is 3.11. The van der Waals surface area contributed by atoms with E-state index in [4.69, 9.17) is 0 Å². The van der Waals surface area contributed by atoms with Crippen molar-refractivity contribution in [1.29, 1.82) is 0 Å². The summed E-state index contributed by atoms with van der Waals surface area (Å²) in [6, 6.07) is 0. The molecule has 0 spiro atoms. The van der Waals surface area contributed by atoms with Crippen LogP contribution < -0.4 is 5.32 Å². The van der Waals surface area contributed by atoms with E-state index in [0.29, 0.717) is 12.2 Å². The number of carbonyl (C=O) groups excluding carboxylic acids is 1. The predicted molar refractivity (Wildman–Crippen MR) is 47.6 cm³/mol. The average molecular weight is 157 g/mol. The fourth-order valence-electron chi connectivity index (χ4n) is 0.728. The van der Waals surface area contributed by atoms with Crippen LogP contribution in [0.3, 0.4) is 0 Å². The summed E-state index contributed by atoms with van der Waals surface area (Å²) in [6.45, 7) is 7.95. The van der Waals surface area contributed by atoms with Crippen LogP contribution in [-0.4, -0.2) is 18.4 Å². The van der Waals surface area contributed by atoms with E-state index in [9.17, 15) is 4.79 Å². The Morgan fingerprint density at radius 1 is 1.45 bits per heavy atom. The highest BCUT2D eigenvalue weighted by Gasteiger charge is 2.20. The van der Waals surface area contributed by atoms with Crippen LogP contribution in [0.4, 0.5) is 0 Å². The quantitative estimate of drug-likeness (QED) is 0.671. The van der Waals surface area contributed by atoms with Gasteiger partial charge >= 0.3 is 0 Å². The summed E-state index contributed by atoms with van der Waals surface area (Å²) in [6.07, 6.45) is 0.612. The number of rotatable bonds is 4. The van der Waals surface area contributed by atoms with E-state index in [1.54, 1.807) is 0 Å². The largest absolute Gasteiger partial charge is 0.314 e. The Kier molecular flexibility index (Phi) is 3.73. The van der Waals surface area contributed by atoms with Crippen LogP contribution in [0.25, 0.3) is 0 Å². The highest BCUT2D eigenvalue weighted by Crippen LogP contribution is 2.11. The molecule has 0 aliphatic heterocycles. The first kappa shape index (κ1) is 10.6. The molecule has 2 nitrogen and oxygen atoms in total. The lowest BCUT2D eigenvalue weighted by atomic mass is 9.93. The molecule has 0 atom stereocenters. The highest BCUT2D eigenvalue weighted by atomic mass is 16.1. The Morgan fingerprint density at radius 3 is 2.18 bits per heavy atom. The van der Waals surface area contributed by atoms with Gasteiger partial charge in [-0.1, -0.05) is 13.8 Å². The molecule has 0 aliphatic carbocycles. The molecule has 0 heterocycles. The Morgan fingerprint density at radius 2 is 1.91 bits per heavy atom. The van der Waals surface area contributed by atoms with Gasteiger partial charge < -0.3 is 5.32 Å². The minimum absolute atomic E-state index is 0.0542. The molecule has 0 unspecified atom stereocenters. The van der Waals surface area contributed by atoms with Crippen molar-refractivity contribution in [3.8, 4) is 0 Å². The van der Waals surface area contributed by atoms with Crippen LogP contribution in [0.15, 0.2) is 0 Å². The van der Waals surface area contributed by atoms with Gasteiger partial charge in [-0.15, -0.1) is 0 Å². The van der Waals surface area contributed by atoms with Crippen molar-refractivity contribution < 1.29 is 4.79 Å². The fraction of sp³-hybridized carbons (Fsp3) is 0.889. The maximum absolute atomic E-state index is 11.3. The second-order valence-corrected chi connectivity index (χ2v) is 3.93. The molecule has 0 fully saturated rings. The fourth-order valence-corrected chi connectivity index (χ4v) is 0.728. The molecular weight excluding hydrogens is 138 g/mol. The van der Waals surface area contributed by atoms with Crippen molar-refractivity contribution >= 4 is 5.78 Å². The number of carbonyl (C=O) groups is 1. The molecule has 0 saturated heterocycles. The van der Waals surface area contributed by atoms with Crippen LogP contribution >= 0.6 is 0 Å². The van der Waals surface area contributed by atoms with Gasteiger partial charge in [0.1, 0.15) is 5.78 Å². The first-order valence-corrected chi connectivity index (χ1v) is 4.10. The number of Topliss-reactive ketones (excluding diaryl/α,β-unsaturated/α-hetero) is 1. The summed E-state index contributed by atoms with van der Waals surface area (Å²) in [4.78, 5) is 11.3. The number of hydrogen-bond acceptors (Lipinski definition) is 2. The third kappa shape index (κ3) is 4.14.